The molecule has 6 heteroatoms. The molecule has 1 N–H and O–H groups in total. The second-order valence-corrected chi connectivity index (χ2v) is 3.20. The molecule has 90 valence electrons. The smallest absolute Gasteiger partial charge is 0.422 e. The number of alkyl halides is 3. The van der Waals surface area contributed by atoms with Crippen LogP contribution in [0, 0.1) is 5.82 Å². The van der Waals surface area contributed by atoms with E-state index in [9.17, 15) is 17.6 Å². The summed E-state index contributed by atoms with van der Waals surface area (Å²) in [7, 11) is 1.69. The average Bonchev–Trinajstić information content (AvgIpc) is 2.15. The molecule has 0 unspecified atom stereocenters. The first kappa shape index (κ1) is 12.8. The van der Waals surface area contributed by atoms with Gasteiger partial charge in [-0.2, -0.15) is 13.2 Å². The molecule has 0 saturated heterocycles. The Labute approximate surface area is 90.2 Å². The van der Waals surface area contributed by atoms with E-state index in [0.29, 0.717) is 12.1 Å². The summed E-state index contributed by atoms with van der Waals surface area (Å²) in [5.74, 6) is -1.19. The van der Waals surface area contributed by atoms with Crippen molar-refractivity contribution >= 4 is 0 Å². The van der Waals surface area contributed by atoms with Crippen molar-refractivity contribution in [2.45, 2.75) is 12.7 Å². The number of hydrogen-bond acceptors (Lipinski definition) is 2. The molecule has 0 spiro atoms. The Kier molecular flexibility index (Phi) is 4.12. The summed E-state index contributed by atoms with van der Waals surface area (Å²) in [6, 6.07) is 3.83. The third-order valence-electron chi connectivity index (χ3n) is 1.77. The Morgan fingerprint density at radius 3 is 2.50 bits per heavy atom. The van der Waals surface area contributed by atoms with Gasteiger partial charge in [-0.25, -0.2) is 4.39 Å². The van der Waals surface area contributed by atoms with Crippen LogP contribution in [0.5, 0.6) is 5.75 Å². The second kappa shape index (κ2) is 5.16. The van der Waals surface area contributed by atoms with Crippen molar-refractivity contribution in [3.63, 3.8) is 0 Å². The second-order valence-electron chi connectivity index (χ2n) is 3.20. The lowest BCUT2D eigenvalue weighted by molar-refractivity contribution is -0.153. The van der Waals surface area contributed by atoms with E-state index in [1.807, 2.05) is 0 Å². The normalized spacial score (nSPS) is 11.6. The highest BCUT2D eigenvalue weighted by Crippen LogP contribution is 2.22. The zero-order chi connectivity index (χ0) is 12.2. The van der Waals surface area contributed by atoms with E-state index in [1.165, 1.54) is 12.1 Å². The predicted octanol–water partition coefficient (Wildman–Crippen LogP) is 2.49. The van der Waals surface area contributed by atoms with Crippen molar-refractivity contribution in [3.8, 4) is 5.75 Å². The first-order valence-corrected chi connectivity index (χ1v) is 4.55. The van der Waals surface area contributed by atoms with E-state index in [4.69, 9.17) is 0 Å². The third-order valence-corrected chi connectivity index (χ3v) is 1.77. The highest BCUT2D eigenvalue weighted by molar-refractivity contribution is 5.29. The average molecular weight is 237 g/mol. The van der Waals surface area contributed by atoms with Gasteiger partial charge < -0.3 is 10.1 Å². The molecule has 0 aliphatic carbocycles. The number of halogens is 4. The lowest BCUT2D eigenvalue weighted by atomic mass is 10.2. The van der Waals surface area contributed by atoms with Gasteiger partial charge in [0.05, 0.1) is 0 Å². The largest absolute Gasteiger partial charge is 0.481 e. The lowest BCUT2D eigenvalue weighted by Crippen LogP contribution is -2.19. The van der Waals surface area contributed by atoms with E-state index in [1.54, 1.807) is 7.05 Å². The Morgan fingerprint density at radius 2 is 2.00 bits per heavy atom. The minimum absolute atomic E-state index is 0.392. The zero-order valence-corrected chi connectivity index (χ0v) is 8.57. The Morgan fingerprint density at radius 1 is 1.31 bits per heavy atom. The van der Waals surface area contributed by atoms with Crippen molar-refractivity contribution in [1.82, 2.24) is 5.32 Å². The van der Waals surface area contributed by atoms with E-state index >= 15 is 0 Å². The molecule has 16 heavy (non-hydrogen) atoms. The van der Waals surface area contributed by atoms with Crippen LogP contribution in [0.2, 0.25) is 0 Å². The van der Waals surface area contributed by atoms with Crippen LogP contribution in [0.4, 0.5) is 17.6 Å². The highest BCUT2D eigenvalue weighted by atomic mass is 19.4. The quantitative estimate of drug-likeness (QED) is 0.812. The minimum atomic E-state index is -4.46. The predicted molar refractivity (Wildman–Crippen MR) is 50.7 cm³/mol. The lowest BCUT2D eigenvalue weighted by Gasteiger charge is -2.10. The van der Waals surface area contributed by atoms with Crippen LogP contribution < -0.4 is 10.1 Å². The van der Waals surface area contributed by atoms with Gasteiger partial charge in [-0.15, -0.1) is 0 Å². The van der Waals surface area contributed by atoms with Crippen LogP contribution in [-0.4, -0.2) is 19.8 Å². The van der Waals surface area contributed by atoms with Gasteiger partial charge in [-0.1, -0.05) is 6.07 Å². The first-order chi connectivity index (χ1) is 7.42. The van der Waals surface area contributed by atoms with E-state index < -0.39 is 24.3 Å². The fraction of sp³-hybridized carbons (Fsp3) is 0.400. The minimum Gasteiger partial charge on any atom is -0.481 e. The number of ether oxygens (including phenoxy) is 1. The zero-order valence-electron chi connectivity index (χ0n) is 8.57. The van der Waals surface area contributed by atoms with Crippen molar-refractivity contribution in [3.05, 3.63) is 29.6 Å². The summed E-state index contributed by atoms with van der Waals surface area (Å²) in [6.07, 6.45) is -4.46. The highest BCUT2D eigenvalue weighted by Gasteiger charge is 2.28. The summed E-state index contributed by atoms with van der Waals surface area (Å²) >= 11 is 0. The SMILES string of the molecule is CNCc1ccc(OCC(F)(F)F)c(F)c1. The fourth-order valence-electron chi connectivity index (χ4n) is 1.14. The monoisotopic (exact) mass is 237 g/mol. The van der Waals surface area contributed by atoms with E-state index in [2.05, 4.69) is 10.1 Å². The van der Waals surface area contributed by atoms with Crippen LogP contribution in [0.3, 0.4) is 0 Å². The molecule has 0 aliphatic rings. The van der Waals surface area contributed by atoms with Crippen molar-refractivity contribution < 1.29 is 22.3 Å². The van der Waals surface area contributed by atoms with Crippen molar-refractivity contribution in [2.75, 3.05) is 13.7 Å². The van der Waals surface area contributed by atoms with Gasteiger partial charge in [-0.3, -0.25) is 0 Å². The summed E-state index contributed by atoms with van der Waals surface area (Å²) in [4.78, 5) is 0. The molecule has 0 heterocycles. The molecule has 0 bridgehead atoms. The van der Waals surface area contributed by atoms with Gasteiger partial charge in [0.2, 0.25) is 0 Å². The first-order valence-electron chi connectivity index (χ1n) is 4.55. The standard InChI is InChI=1S/C10H11F4NO/c1-15-5-7-2-3-9(8(11)4-7)16-6-10(12,13)14/h2-4,15H,5-6H2,1H3. The van der Waals surface area contributed by atoms with Crippen LogP contribution in [-0.2, 0) is 6.54 Å². The molecule has 0 saturated carbocycles. The number of benzene rings is 1. The molecular formula is C10H11F4NO. The van der Waals surface area contributed by atoms with E-state index in [0.717, 1.165) is 6.07 Å². The molecule has 2 nitrogen and oxygen atoms in total. The molecule has 1 aromatic carbocycles. The Balaban J connectivity index is 2.68. The topological polar surface area (TPSA) is 21.3 Å². The number of nitrogens with one attached hydrogen (secondary N) is 1. The molecule has 0 atom stereocenters. The maximum absolute atomic E-state index is 13.2. The fourth-order valence-corrected chi connectivity index (χ4v) is 1.14. The van der Waals surface area contributed by atoms with Crippen molar-refractivity contribution in [2.24, 2.45) is 0 Å². The molecule has 0 fully saturated rings. The number of rotatable bonds is 4. The van der Waals surface area contributed by atoms with E-state index in [-0.39, 0.29) is 0 Å². The van der Waals surface area contributed by atoms with Crippen molar-refractivity contribution in [1.29, 1.82) is 0 Å². The Hall–Kier alpha value is -1.30. The third kappa shape index (κ3) is 4.06. The van der Waals surface area contributed by atoms with Crippen LogP contribution in [0.15, 0.2) is 18.2 Å². The summed E-state index contributed by atoms with van der Waals surface area (Å²) < 4.78 is 53.0. The van der Waals surface area contributed by atoms with Crippen LogP contribution in [0.1, 0.15) is 5.56 Å². The van der Waals surface area contributed by atoms with Gasteiger partial charge in [0.15, 0.2) is 18.2 Å². The molecule has 0 aliphatic heterocycles. The molecule has 0 aromatic heterocycles. The summed E-state index contributed by atoms with van der Waals surface area (Å²) in [6.45, 7) is -1.05. The van der Waals surface area contributed by atoms with Gasteiger partial charge in [0.25, 0.3) is 0 Å². The summed E-state index contributed by atoms with van der Waals surface area (Å²) in [5, 5.41) is 2.80. The van der Waals surface area contributed by atoms with Gasteiger partial charge in [0.1, 0.15) is 0 Å². The molecule has 1 aromatic rings. The molecule has 1 rings (SSSR count). The molecule has 0 radical (unpaired) electrons. The maximum Gasteiger partial charge on any atom is 0.422 e. The number of hydrogen-bond donors (Lipinski definition) is 1. The van der Waals surface area contributed by atoms with Gasteiger partial charge >= 0.3 is 6.18 Å². The Bertz CT molecular complexity index is 351. The van der Waals surface area contributed by atoms with Crippen LogP contribution in [0.25, 0.3) is 0 Å². The molecular weight excluding hydrogens is 226 g/mol. The maximum atomic E-state index is 13.2. The molecule has 0 amide bonds. The summed E-state index contributed by atoms with van der Waals surface area (Å²) in [5.41, 5.74) is 0.638. The van der Waals surface area contributed by atoms with Gasteiger partial charge in [0, 0.05) is 6.54 Å². The van der Waals surface area contributed by atoms with Gasteiger partial charge in [-0.05, 0) is 24.7 Å². The van der Waals surface area contributed by atoms with Crippen LogP contribution >= 0.6 is 0 Å².